The minimum Gasteiger partial charge on any atom is -0.343 e. The fourth-order valence-electron chi connectivity index (χ4n) is 3.84. The molecule has 0 aliphatic heterocycles. The number of amides is 1. The van der Waals surface area contributed by atoms with E-state index < -0.39 is 24.2 Å². The van der Waals surface area contributed by atoms with Gasteiger partial charge in [-0.15, -0.1) is 11.3 Å². The number of carbonyl (C=O) groups excluding carboxylic acids is 1. The highest BCUT2D eigenvalue weighted by molar-refractivity contribution is 7.12. The van der Waals surface area contributed by atoms with E-state index in [-0.39, 0.29) is 10.4 Å². The number of aromatic nitrogens is 5. The van der Waals surface area contributed by atoms with Crippen molar-refractivity contribution in [1.82, 2.24) is 29.7 Å². The van der Waals surface area contributed by atoms with Gasteiger partial charge in [-0.05, 0) is 22.6 Å². The summed E-state index contributed by atoms with van der Waals surface area (Å²) in [6.07, 6.45) is 4.07. The van der Waals surface area contributed by atoms with E-state index in [0.717, 1.165) is 22.5 Å². The topological polar surface area (TPSA) is 103 Å². The Kier molecular flexibility index (Phi) is 6.06. The molecule has 0 spiro atoms. The Morgan fingerprint density at radius 2 is 1.81 bits per heavy atom. The Hall–Kier alpha value is -4.03. The van der Waals surface area contributed by atoms with Crippen LogP contribution in [0.4, 0.5) is 13.2 Å². The van der Waals surface area contributed by atoms with Gasteiger partial charge < -0.3 is 11.1 Å². The van der Waals surface area contributed by atoms with Gasteiger partial charge in [0.1, 0.15) is 6.04 Å². The average Bonchev–Trinajstić information content (AvgIpc) is 3.61. The van der Waals surface area contributed by atoms with Crippen molar-refractivity contribution in [2.24, 2.45) is 12.8 Å². The van der Waals surface area contributed by atoms with Crippen LogP contribution < -0.4 is 11.1 Å². The first-order valence-corrected chi connectivity index (χ1v) is 11.7. The molecule has 4 heterocycles. The first kappa shape index (κ1) is 23.7. The molecule has 1 aromatic carbocycles. The molecule has 2 atom stereocenters. The van der Waals surface area contributed by atoms with Crippen LogP contribution in [0, 0.1) is 0 Å². The molecule has 0 saturated heterocycles. The summed E-state index contributed by atoms with van der Waals surface area (Å²) >= 11 is 1.11. The number of hydrogen-bond acceptors (Lipinski definition) is 6. The number of halogens is 3. The molecule has 4 aromatic heterocycles. The third kappa shape index (κ3) is 4.60. The number of aryl methyl sites for hydroxylation is 1. The molecule has 0 aliphatic rings. The van der Waals surface area contributed by atoms with Crippen molar-refractivity contribution in [1.29, 1.82) is 0 Å². The van der Waals surface area contributed by atoms with Crippen LogP contribution in [0.3, 0.4) is 0 Å². The summed E-state index contributed by atoms with van der Waals surface area (Å²) in [4.78, 5) is 17.7. The van der Waals surface area contributed by atoms with Gasteiger partial charge in [-0.25, -0.2) is 9.50 Å². The van der Waals surface area contributed by atoms with E-state index >= 15 is 0 Å². The zero-order valence-corrected chi connectivity index (χ0v) is 19.7. The summed E-state index contributed by atoms with van der Waals surface area (Å²) in [5.41, 5.74) is 9.43. The molecule has 0 unspecified atom stereocenters. The van der Waals surface area contributed by atoms with Gasteiger partial charge in [0.05, 0.1) is 23.3 Å². The number of nitrogens with one attached hydrogen (secondary N) is 1. The number of carbonyl (C=O) groups is 1. The highest BCUT2D eigenvalue weighted by Crippen LogP contribution is 2.32. The molecule has 184 valence electrons. The summed E-state index contributed by atoms with van der Waals surface area (Å²) in [5, 5.41) is 12.7. The third-order valence-electron chi connectivity index (χ3n) is 5.71. The molecule has 0 radical (unpaired) electrons. The second kappa shape index (κ2) is 9.21. The van der Waals surface area contributed by atoms with Crippen LogP contribution >= 0.6 is 11.3 Å². The smallest absolute Gasteiger partial charge is 0.343 e. The van der Waals surface area contributed by atoms with E-state index in [4.69, 9.17) is 5.73 Å². The lowest BCUT2D eigenvalue weighted by molar-refractivity contribution is -0.153. The molecular weight excluding hydrogens is 491 g/mol. The Morgan fingerprint density at radius 1 is 1.06 bits per heavy atom. The molecule has 8 nitrogen and oxygen atoms in total. The van der Waals surface area contributed by atoms with Crippen molar-refractivity contribution in [3.8, 4) is 22.3 Å². The maximum absolute atomic E-state index is 13.4. The van der Waals surface area contributed by atoms with Gasteiger partial charge in [0.25, 0.3) is 5.91 Å². The molecule has 5 rings (SSSR count). The first-order chi connectivity index (χ1) is 17.2. The lowest BCUT2D eigenvalue weighted by atomic mass is 9.99. The molecule has 0 fully saturated rings. The predicted molar refractivity (Wildman–Crippen MR) is 129 cm³/mol. The van der Waals surface area contributed by atoms with E-state index in [1.54, 1.807) is 57.4 Å². The highest BCUT2D eigenvalue weighted by Gasteiger charge is 2.43. The fraction of sp³-hybridized carbons (Fsp3) is 0.167. The fourth-order valence-corrected chi connectivity index (χ4v) is 4.65. The molecular formula is C24H20F3N7OS. The average molecular weight is 512 g/mol. The number of alkyl halides is 3. The van der Waals surface area contributed by atoms with E-state index in [2.05, 4.69) is 20.5 Å². The van der Waals surface area contributed by atoms with Gasteiger partial charge in [0.15, 0.2) is 5.65 Å². The van der Waals surface area contributed by atoms with Gasteiger partial charge >= 0.3 is 6.18 Å². The van der Waals surface area contributed by atoms with E-state index in [1.165, 1.54) is 12.1 Å². The minimum absolute atomic E-state index is 0.242. The second-order valence-electron chi connectivity index (χ2n) is 8.20. The standard InChI is InChI=1S/C24H20F3N7OS/c1-33-11-17(9-30-33)16-8-29-22-18(10-31-34(22)12-16)15-7-19(36-13-15)23(35)32-20(21(28)24(25,26)27)14-5-3-2-4-6-14/h2-13,20-21H,28H2,1H3,(H,32,35)/t20-,21-/m0/s1. The van der Waals surface area contributed by atoms with E-state index in [0.29, 0.717) is 16.8 Å². The lowest BCUT2D eigenvalue weighted by Crippen LogP contribution is -2.49. The largest absolute Gasteiger partial charge is 0.405 e. The number of nitrogens with two attached hydrogens (primary N) is 1. The van der Waals surface area contributed by atoms with E-state index in [1.807, 2.05) is 19.4 Å². The molecule has 1 amide bonds. The number of nitrogens with zero attached hydrogens (tertiary/aromatic N) is 5. The van der Waals surface area contributed by atoms with Crippen molar-refractivity contribution < 1.29 is 18.0 Å². The van der Waals surface area contributed by atoms with Gasteiger partial charge in [-0.2, -0.15) is 23.4 Å². The van der Waals surface area contributed by atoms with Crippen LogP contribution in [0.5, 0.6) is 0 Å². The molecule has 0 bridgehead atoms. The summed E-state index contributed by atoms with van der Waals surface area (Å²) < 4.78 is 43.6. The second-order valence-corrected chi connectivity index (χ2v) is 9.11. The zero-order chi connectivity index (χ0) is 25.4. The monoisotopic (exact) mass is 511 g/mol. The highest BCUT2D eigenvalue weighted by atomic mass is 32.1. The number of hydrogen-bond donors (Lipinski definition) is 2. The zero-order valence-electron chi connectivity index (χ0n) is 18.8. The molecule has 5 aromatic rings. The summed E-state index contributed by atoms with van der Waals surface area (Å²) in [6, 6.07) is 5.78. The van der Waals surface area contributed by atoms with Gasteiger partial charge in [0, 0.05) is 42.3 Å². The minimum atomic E-state index is -4.69. The van der Waals surface area contributed by atoms with Crippen LogP contribution in [-0.4, -0.2) is 42.5 Å². The summed E-state index contributed by atoms with van der Waals surface area (Å²) in [5.74, 6) is -0.650. The lowest BCUT2D eigenvalue weighted by Gasteiger charge is -2.27. The van der Waals surface area contributed by atoms with Gasteiger partial charge in [-0.1, -0.05) is 30.3 Å². The van der Waals surface area contributed by atoms with Crippen molar-refractivity contribution in [3.63, 3.8) is 0 Å². The SMILES string of the molecule is Cn1cc(-c2cnc3c(-c4csc(C(=O)N[C@@H](c5ccccc5)[C@H](N)C(F)(F)F)c4)cnn3c2)cn1. The Labute approximate surface area is 207 Å². The van der Waals surface area contributed by atoms with E-state index in [9.17, 15) is 18.0 Å². The number of rotatable bonds is 6. The third-order valence-corrected chi connectivity index (χ3v) is 6.64. The van der Waals surface area contributed by atoms with Crippen LogP contribution in [0.2, 0.25) is 0 Å². The molecule has 3 N–H and O–H groups in total. The van der Waals surface area contributed by atoms with Crippen molar-refractivity contribution in [3.05, 3.63) is 83.2 Å². The quantitative estimate of drug-likeness (QED) is 0.355. The number of benzene rings is 1. The predicted octanol–water partition coefficient (Wildman–Crippen LogP) is 4.22. The molecule has 0 aliphatic carbocycles. The van der Waals surface area contributed by atoms with Crippen LogP contribution in [0.15, 0.2) is 72.8 Å². The van der Waals surface area contributed by atoms with Crippen LogP contribution in [0.25, 0.3) is 27.9 Å². The Bertz CT molecular complexity index is 1520. The normalized spacial score (nSPS) is 13.6. The maximum atomic E-state index is 13.4. The first-order valence-electron chi connectivity index (χ1n) is 10.8. The molecule has 36 heavy (non-hydrogen) atoms. The van der Waals surface area contributed by atoms with Crippen LogP contribution in [-0.2, 0) is 7.05 Å². The van der Waals surface area contributed by atoms with Gasteiger partial charge in [-0.3, -0.25) is 9.48 Å². The Balaban J connectivity index is 1.40. The van der Waals surface area contributed by atoms with Crippen molar-refractivity contribution >= 4 is 22.9 Å². The molecule has 12 heteroatoms. The summed E-state index contributed by atoms with van der Waals surface area (Å²) in [6.45, 7) is 0. The maximum Gasteiger partial charge on any atom is 0.405 e. The van der Waals surface area contributed by atoms with Crippen molar-refractivity contribution in [2.75, 3.05) is 0 Å². The van der Waals surface area contributed by atoms with Crippen LogP contribution in [0.1, 0.15) is 21.3 Å². The Morgan fingerprint density at radius 3 is 2.50 bits per heavy atom. The summed E-state index contributed by atoms with van der Waals surface area (Å²) in [7, 11) is 1.82. The molecule has 0 saturated carbocycles. The van der Waals surface area contributed by atoms with Crippen molar-refractivity contribution in [2.45, 2.75) is 18.3 Å². The number of fused-ring (bicyclic) bond motifs is 1. The number of thiophene rings is 1. The van der Waals surface area contributed by atoms with Gasteiger partial charge in [0.2, 0.25) is 0 Å².